The molecular formula is C6H11IO2. The lowest BCUT2D eigenvalue weighted by atomic mass is 10.3. The van der Waals surface area contributed by atoms with Gasteiger partial charge in [0.15, 0.2) is 0 Å². The summed E-state index contributed by atoms with van der Waals surface area (Å²) in [5.41, 5.74) is 0. The number of rotatable bonds is 3. The molecule has 1 saturated heterocycles. The molecule has 1 unspecified atom stereocenters. The summed E-state index contributed by atoms with van der Waals surface area (Å²) in [6, 6.07) is 0. The molecular weight excluding hydrogens is 231 g/mol. The Hall–Kier alpha value is 0.650. The normalized spacial score (nSPS) is 27.0. The maximum atomic E-state index is 5.42. The highest BCUT2D eigenvalue weighted by Gasteiger charge is 2.14. The minimum absolute atomic E-state index is 0.389. The fraction of sp³-hybridized carbons (Fsp3) is 1.00. The van der Waals surface area contributed by atoms with Gasteiger partial charge in [0.2, 0.25) is 0 Å². The predicted molar refractivity (Wildman–Crippen MR) is 44.1 cm³/mol. The number of hydrogen-bond acceptors (Lipinski definition) is 2. The molecule has 54 valence electrons. The Morgan fingerprint density at radius 2 is 2.56 bits per heavy atom. The molecule has 0 aromatic rings. The van der Waals surface area contributed by atoms with Gasteiger partial charge in [0.25, 0.3) is 0 Å². The summed E-state index contributed by atoms with van der Waals surface area (Å²) >= 11 is 2.31. The van der Waals surface area contributed by atoms with E-state index in [1.165, 1.54) is 0 Å². The smallest absolute Gasteiger partial charge is 0.0830 e. The topological polar surface area (TPSA) is 18.5 Å². The number of halogens is 1. The molecule has 0 saturated carbocycles. The van der Waals surface area contributed by atoms with Crippen LogP contribution in [0.1, 0.15) is 6.42 Å². The highest BCUT2D eigenvalue weighted by molar-refractivity contribution is 14.1. The monoisotopic (exact) mass is 242 g/mol. The maximum Gasteiger partial charge on any atom is 0.0830 e. The van der Waals surface area contributed by atoms with E-state index in [2.05, 4.69) is 22.6 Å². The third-order valence-electron chi connectivity index (χ3n) is 1.32. The van der Waals surface area contributed by atoms with Crippen LogP contribution < -0.4 is 0 Å². The molecule has 9 heavy (non-hydrogen) atoms. The van der Waals surface area contributed by atoms with Crippen LogP contribution in [0.25, 0.3) is 0 Å². The van der Waals surface area contributed by atoms with Gasteiger partial charge in [-0.1, -0.05) is 22.6 Å². The molecule has 3 heteroatoms. The third kappa shape index (κ3) is 2.82. The maximum absolute atomic E-state index is 5.42. The second-order valence-electron chi connectivity index (χ2n) is 2.05. The van der Waals surface area contributed by atoms with Crippen molar-refractivity contribution >= 4 is 22.6 Å². The van der Waals surface area contributed by atoms with Crippen molar-refractivity contribution in [1.82, 2.24) is 0 Å². The van der Waals surface area contributed by atoms with Crippen LogP contribution in [0.2, 0.25) is 0 Å². The van der Waals surface area contributed by atoms with E-state index in [1.807, 2.05) is 0 Å². The zero-order chi connectivity index (χ0) is 6.53. The zero-order valence-electron chi connectivity index (χ0n) is 5.31. The fourth-order valence-corrected chi connectivity index (χ4v) is 1.11. The van der Waals surface area contributed by atoms with Crippen LogP contribution in [-0.2, 0) is 9.47 Å². The van der Waals surface area contributed by atoms with Gasteiger partial charge in [0.1, 0.15) is 0 Å². The first kappa shape index (κ1) is 7.75. The zero-order valence-corrected chi connectivity index (χ0v) is 7.46. The summed E-state index contributed by atoms with van der Waals surface area (Å²) in [7, 11) is 0. The van der Waals surface area contributed by atoms with Crippen LogP contribution >= 0.6 is 22.6 Å². The standard InChI is InChI=1S/C6H11IO2/c7-2-4-9-6-1-3-8-5-6/h6H,1-5H2. The van der Waals surface area contributed by atoms with Gasteiger partial charge >= 0.3 is 0 Å². The van der Waals surface area contributed by atoms with Gasteiger partial charge < -0.3 is 9.47 Å². The summed E-state index contributed by atoms with van der Waals surface area (Å²) in [6.07, 6.45) is 1.47. The molecule has 0 spiro atoms. The average molecular weight is 242 g/mol. The van der Waals surface area contributed by atoms with Gasteiger partial charge in [-0.2, -0.15) is 0 Å². The van der Waals surface area contributed by atoms with Crippen LogP contribution in [0, 0.1) is 0 Å². The molecule has 2 nitrogen and oxygen atoms in total. The Morgan fingerprint density at radius 3 is 3.11 bits per heavy atom. The van der Waals surface area contributed by atoms with Crippen molar-refractivity contribution in [3.05, 3.63) is 0 Å². The van der Waals surface area contributed by atoms with E-state index in [1.54, 1.807) is 0 Å². The van der Waals surface area contributed by atoms with E-state index in [9.17, 15) is 0 Å². The molecule has 0 N–H and O–H groups in total. The number of alkyl halides is 1. The lowest BCUT2D eigenvalue weighted by Gasteiger charge is -2.06. The molecule has 0 aliphatic carbocycles. The Kier molecular flexibility index (Phi) is 3.85. The van der Waals surface area contributed by atoms with E-state index < -0.39 is 0 Å². The molecule has 0 aromatic heterocycles. The quantitative estimate of drug-likeness (QED) is 0.547. The van der Waals surface area contributed by atoms with Crippen molar-refractivity contribution in [1.29, 1.82) is 0 Å². The van der Waals surface area contributed by atoms with Crippen molar-refractivity contribution in [3.8, 4) is 0 Å². The van der Waals surface area contributed by atoms with Crippen LogP contribution in [0.4, 0.5) is 0 Å². The van der Waals surface area contributed by atoms with Crippen LogP contribution in [0.15, 0.2) is 0 Å². The summed E-state index contributed by atoms with van der Waals surface area (Å²) in [4.78, 5) is 0. The highest BCUT2D eigenvalue weighted by atomic mass is 127. The molecule has 1 fully saturated rings. The molecule has 1 aliphatic heterocycles. The summed E-state index contributed by atoms with van der Waals surface area (Å²) in [5, 5.41) is 0. The molecule has 1 heterocycles. The summed E-state index contributed by atoms with van der Waals surface area (Å²) < 4.78 is 11.6. The van der Waals surface area contributed by atoms with Crippen molar-refractivity contribution in [2.45, 2.75) is 12.5 Å². The van der Waals surface area contributed by atoms with Gasteiger partial charge in [-0.3, -0.25) is 0 Å². The Balaban J connectivity index is 1.98. The predicted octanol–water partition coefficient (Wildman–Crippen LogP) is 1.23. The molecule has 0 aromatic carbocycles. The SMILES string of the molecule is ICCOC1CCOC1. The molecule has 0 amide bonds. The van der Waals surface area contributed by atoms with Crippen molar-refractivity contribution < 1.29 is 9.47 Å². The fourth-order valence-electron chi connectivity index (χ4n) is 0.856. The van der Waals surface area contributed by atoms with E-state index in [4.69, 9.17) is 9.47 Å². The van der Waals surface area contributed by atoms with Crippen molar-refractivity contribution in [2.24, 2.45) is 0 Å². The molecule has 1 atom stereocenters. The molecule has 0 radical (unpaired) electrons. The second-order valence-corrected chi connectivity index (χ2v) is 3.12. The molecule has 0 bridgehead atoms. The van der Waals surface area contributed by atoms with E-state index >= 15 is 0 Å². The van der Waals surface area contributed by atoms with Crippen LogP contribution in [0.5, 0.6) is 0 Å². The minimum Gasteiger partial charge on any atom is -0.379 e. The lowest BCUT2D eigenvalue weighted by molar-refractivity contribution is 0.0535. The number of hydrogen-bond donors (Lipinski definition) is 0. The first-order chi connectivity index (χ1) is 4.43. The van der Waals surface area contributed by atoms with Gasteiger partial charge in [-0.25, -0.2) is 0 Å². The number of ether oxygens (including phenoxy) is 2. The third-order valence-corrected chi connectivity index (χ3v) is 1.76. The van der Waals surface area contributed by atoms with Crippen LogP contribution in [-0.4, -0.2) is 30.4 Å². The molecule has 1 aliphatic rings. The van der Waals surface area contributed by atoms with Gasteiger partial charge in [-0.05, 0) is 6.42 Å². The van der Waals surface area contributed by atoms with Gasteiger partial charge in [0.05, 0.1) is 19.3 Å². The first-order valence-corrected chi connectivity index (χ1v) is 4.71. The van der Waals surface area contributed by atoms with Gasteiger partial charge in [0, 0.05) is 11.0 Å². The van der Waals surface area contributed by atoms with E-state index in [-0.39, 0.29) is 0 Å². The summed E-state index contributed by atoms with van der Waals surface area (Å²) in [5.74, 6) is 0. The lowest BCUT2D eigenvalue weighted by Crippen LogP contribution is -2.13. The minimum atomic E-state index is 0.389. The summed E-state index contributed by atoms with van der Waals surface area (Å²) in [6.45, 7) is 2.55. The Morgan fingerprint density at radius 1 is 1.67 bits per heavy atom. The Labute approximate surface area is 69.0 Å². The molecule has 1 rings (SSSR count). The average Bonchev–Trinajstić information content (AvgIpc) is 2.34. The van der Waals surface area contributed by atoms with Crippen molar-refractivity contribution in [3.63, 3.8) is 0 Å². The largest absolute Gasteiger partial charge is 0.379 e. The van der Waals surface area contributed by atoms with E-state index in [0.717, 1.165) is 30.7 Å². The van der Waals surface area contributed by atoms with E-state index in [0.29, 0.717) is 6.10 Å². The van der Waals surface area contributed by atoms with Gasteiger partial charge in [-0.15, -0.1) is 0 Å². The van der Waals surface area contributed by atoms with Crippen LogP contribution in [0.3, 0.4) is 0 Å². The first-order valence-electron chi connectivity index (χ1n) is 3.19. The Bertz CT molecular complexity index is 71.5. The second kappa shape index (κ2) is 4.46. The van der Waals surface area contributed by atoms with Crippen molar-refractivity contribution in [2.75, 3.05) is 24.2 Å². The highest BCUT2D eigenvalue weighted by Crippen LogP contribution is 2.07.